The van der Waals surface area contributed by atoms with Crippen molar-refractivity contribution >= 4 is 5.78 Å². The Balaban J connectivity index is 0.000000156. The second kappa shape index (κ2) is 11.9. The Morgan fingerprint density at radius 3 is 2.50 bits per heavy atom. The van der Waals surface area contributed by atoms with Gasteiger partial charge in [-0.2, -0.15) is 0 Å². The van der Waals surface area contributed by atoms with Gasteiger partial charge in [-0.15, -0.1) is 0 Å². The number of carbonyl (C=O) groups excluding carboxylic acids is 1. The molecule has 0 radical (unpaired) electrons. The molecule has 0 amide bonds. The summed E-state index contributed by atoms with van der Waals surface area (Å²) in [6.07, 6.45) is 12.1. The standard InChI is InChI=1S/C18H25NO.C16H23NO/c1-19-10-9-18-8-4-3-5-15(18)17(19)11-13-6-7-14(20-2)12-16(13)18;1-13-6-8-15(9-7-13)16(18)14(2)12-17-10-4-3-5-11-17/h6-7,12,15,17H,3-5,8-11H2,1-2H3;6-9,14H,3-5,10-12H2,1-2H3/t15-,17-,18-;/m1./s1. The largest absolute Gasteiger partial charge is 0.497 e. The van der Waals surface area contributed by atoms with Gasteiger partial charge in [-0.05, 0) is 101 Å². The van der Waals surface area contributed by atoms with Crippen LogP contribution in [0.25, 0.3) is 0 Å². The monoisotopic (exact) mass is 516 g/mol. The first-order valence-corrected chi connectivity index (χ1v) is 15.1. The molecule has 0 N–H and O–H groups in total. The molecule has 2 heterocycles. The number of methoxy groups -OCH3 is 1. The van der Waals surface area contributed by atoms with Crippen LogP contribution in [0.15, 0.2) is 42.5 Å². The number of nitrogens with zero attached hydrogens (tertiary/aromatic N) is 2. The van der Waals surface area contributed by atoms with Crippen LogP contribution in [-0.2, 0) is 11.8 Å². The molecule has 1 unspecified atom stereocenters. The van der Waals surface area contributed by atoms with Crippen LogP contribution >= 0.6 is 0 Å². The molecule has 0 spiro atoms. The van der Waals surface area contributed by atoms with E-state index in [-0.39, 0.29) is 11.7 Å². The number of rotatable bonds is 5. The fraction of sp³-hybridized carbons (Fsp3) is 0.618. The summed E-state index contributed by atoms with van der Waals surface area (Å²) in [6.45, 7) is 8.59. The van der Waals surface area contributed by atoms with Gasteiger partial charge in [-0.25, -0.2) is 0 Å². The normalized spacial score (nSPS) is 27.8. The summed E-state index contributed by atoms with van der Waals surface area (Å²) < 4.78 is 5.51. The Morgan fingerprint density at radius 2 is 1.76 bits per heavy atom. The molecule has 0 aromatic heterocycles. The van der Waals surface area contributed by atoms with Crippen molar-refractivity contribution in [3.63, 3.8) is 0 Å². The van der Waals surface area contributed by atoms with Gasteiger partial charge in [-0.3, -0.25) is 4.79 Å². The Bertz CT molecular complexity index is 1090. The van der Waals surface area contributed by atoms with Crippen molar-refractivity contribution in [2.45, 2.75) is 83.1 Å². The number of hydrogen-bond acceptors (Lipinski definition) is 4. The highest BCUT2D eigenvalue weighted by molar-refractivity contribution is 5.97. The number of benzene rings is 2. The van der Waals surface area contributed by atoms with Crippen LogP contribution in [0.3, 0.4) is 0 Å². The number of Topliss-reactive ketones (excluding diaryl/α,β-unsaturated/α-hetero) is 1. The maximum Gasteiger partial charge on any atom is 0.166 e. The van der Waals surface area contributed by atoms with Gasteiger partial charge in [0.1, 0.15) is 5.75 Å². The van der Waals surface area contributed by atoms with Crippen molar-refractivity contribution in [3.05, 3.63) is 64.7 Å². The Hall–Kier alpha value is -2.17. The minimum Gasteiger partial charge on any atom is -0.497 e. The van der Waals surface area contributed by atoms with Crippen LogP contribution in [0.2, 0.25) is 0 Å². The fourth-order valence-corrected chi connectivity index (χ4v) is 7.92. The fourth-order valence-electron chi connectivity index (χ4n) is 7.92. The molecule has 1 saturated carbocycles. The number of likely N-dealkylation sites (N-methyl/N-ethyl adjacent to an activating group) is 1. The van der Waals surface area contributed by atoms with E-state index in [2.05, 4.69) is 42.0 Å². The predicted octanol–water partition coefficient (Wildman–Crippen LogP) is 6.68. The van der Waals surface area contributed by atoms with Gasteiger partial charge < -0.3 is 14.5 Å². The molecule has 2 aromatic rings. The number of carbonyl (C=O) groups is 1. The smallest absolute Gasteiger partial charge is 0.166 e. The van der Waals surface area contributed by atoms with Crippen LogP contribution in [0.1, 0.15) is 85.3 Å². The molecule has 206 valence electrons. The van der Waals surface area contributed by atoms with Gasteiger partial charge in [0.05, 0.1) is 7.11 Å². The molecule has 4 heteroatoms. The van der Waals surface area contributed by atoms with Gasteiger partial charge in [-0.1, -0.05) is 62.1 Å². The molecule has 2 aliphatic heterocycles. The van der Waals surface area contributed by atoms with Crippen LogP contribution in [0.5, 0.6) is 5.75 Å². The third-order valence-corrected chi connectivity index (χ3v) is 10.1. The number of ketones is 1. The number of ether oxygens (including phenoxy) is 1. The lowest BCUT2D eigenvalue weighted by molar-refractivity contribution is 0.00274. The lowest BCUT2D eigenvalue weighted by atomic mass is 9.52. The summed E-state index contributed by atoms with van der Waals surface area (Å²) in [5.74, 6) is 2.29. The van der Waals surface area contributed by atoms with Gasteiger partial charge in [0, 0.05) is 29.5 Å². The quantitative estimate of drug-likeness (QED) is 0.415. The molecule has 6 rings (SSSR count). The van der Waals surface area contributed by atoms with E-state index in [0.29, 0.717) is 5.41 Å². The maximum absolute atomic E-state index is 12.3. The lowest BCUT2D eigenvalue weighted by Gasteiger charge is -2.58. The second-order valence-corrected chi connectivity index (χ2v) is 12.5. The predicted molar refractivity (Wildman–Crippen MR) is 156 cm³/mol. The van der Waals surface area contributed by atoms with E-state index in [9.17, 15) is 4.79 Å². The average molecular weight is 517 g/mol. The van der Waals surface area contributed by atoms with E-state index < -0.39 is 0 Å². The third kappa shape index (κ3) is 5.58. The highest BCUT2D eigenvalue weighted by Gasteiger charge is 2.53. The van der Waals surface area contributed by atoms with Crippen LogP contribution < -0.4 is 4.74 Å². The number of fused-ring (bicyclic) bond motifs is 1. The molecule has 2 saturated heterocycles. The third-order valence-electron chi connectivity index (χ3n) is 10.1. The van der Waals surface area contributed by atoms with Crippen molar-refractivity contribution < 1.29 is 9.53 Å². The maximum atomic E-state index is 12.3. The van der Waals surface area contributed by atoms with Gasteiger partial charge in [0.2, 0.25) is 0 Å². The number of piperidine rings is 2. The molecular formula is C34H48N2O2. The molecule has 4 aliphatic rings. The molecule has 2 aromatic carbocycles. The summed E-state index contributed by atoms with van der Waals surface area (Å²) in [7, 11) is 4.12. The van der Waals surface area contributed by atoms with Crippen molar-refractivity contribution in [3.8, 4) is 5.75 Å². The highest BCUT2D eigenvalue weighted by Crippen LogP contribution is 2.55. The molecule has 2 bridgehead atoms. The first-order valence-electron chi connectivity index (χ1n) is 15.1. The number of aryl methyl sites for hydroxylation is 1. The number of hydrogen-bond donors (Lipinski definition) is 0. The van der Waals surface area contributed by atoms with Crippen molar-refractivity contribution in [2.24, 2.45) is 11.8 Å². The summed E-state index contributed by atoms with van der Waals surface area (Å²) in [6, 6.07) is 15.5. The summed E-state index contributed by atoms with van der Waals surface area (Å²) >= 11 is 0. The molecule has 2 aliphatic carbocycles. The van der Waals surface area contributed by atoms with E-state index >= 15 is 0 Å². The SMILES string of the molecule is COc1ccc2c(c1)[C@@]13CCCC[C@@H]1[C@@H](C2)N(C)CC3.Cc1ccc(C(=O)C(C)CN2CCCCC2)cc1. The Morgan fingerprint density at radius 1 is 1.00 bits per heavy atom. The summed E-state index contributed by atoms with van der Waals surface area (Å²) in [5.41, 5.74) is 5.73. The lowest BCUT2D eigenvalue weighted by Crippen LogP contribution is -2.59. The first-order chi connectivity index (χ1) is 18.4. The van der Waals surface area contributed by atoms with E-state index in [1.54, 1.807) is 18.2 Å². The average Bonchev–Trinajstić information content (AvgIpc) is 2.95. The second-order valence-electron chi connectivity index (χ2n) is 12.5. The van der Waals surface area contributed by atoms with Crippen LogP contribution in [0, 0.1) is 18.8 Å². The minimum absolute atomic E-state index is 0.103. The molecular weight excluding hydrogens is 468 g/mol. The highest BCUT2D eigenvalue weighted by atomic mass is 16.5. The van der Waals surface area contributed by atoms with Gasteiger partial charge >= 0.3 is 0 Å². The zero-order valence-corrected chi connectivity index (χ0v) is 24.2. The van der Waals surface area contributed by atoms with Crippen LogP contribution in [0.4, 0.5) is 0 Å². The number of likely N-dealkylation sites (tertiary alicyclic amines) is 2. The van der Waals surface area contributed by atoms with Crippen molar-refractivity contribution in [2.75, 3.05) is 40.3 Å². The zero-order valence-electron chi connectivity index (χ0n) is 24.2. The first kappa shape index (κ1) is 27.4. The van der Waals surface area contributed by atoms with Crippen molar-refractivity contribution in [1.82, 2.24) is 9.80 Å². The zero-order chi connectivity index (χ0) is 26.7. The summed E-state index contributed by atoms with van der Waals surface area (Å²) in [4.78, 5) is 17.4. The van der Waals surface area contributed by atoms with Crippen LogP contribution in [-0.4, -0.2) is 62.0 Å². The van der Waals surface area contributed by atoms with E-state index in [1.807, 2.05) is 31.2 Å². The molecule has 4 nitrogen and oxygen atoms in total. The molecule has 38 heavy (non-hydrogen) atoms. The van der Waals surface area contributed by atoms with Gasteiger partial charge in [0.25, 0.3) is 0 Å². The topological polar surface area (TPSA) is 32.8 Å². The molecule has 3 fully saturated rings. The van der Waals surface area contributed by atoms with Crippen molar-refractivity contribution in [1.29, 1.82) is 0 Å². The van der Waals surface area contributed by atoms with E-state index in [0.717, 1.165) is 42.9 Å². The van der Waals surface area contributed by atoms with Gasteiger partial charge in [0.15, 0.2) is 5.78 Å². The van der Waals surface area contributed by atoms with E-state index in [1.165, 1.54) is 69.9 Å². The minimum atomic E-state index is 0.103. The Kier molecular flexibility index (Phi) is 8.59. The molecule has 4 atom stereocenters. The Labute approximate surface area is 230 Å². The summed E-state index contributed by atoms with van der Waals surface area (Å²) in [5, 5.41) is 0. The van der Waals surface area contributed by atoms with E-state index in [4.69, 9.17) is 4.74 Å².